The Morgan fingerprint density at radius 3 is 1.62 bits per heavy atom. The summed E-state index contributed by atoms with van der Waals surface area (Å²) in [6, 6.07) is 10.4. The zero-order valence-corrected chi connectivity index (χ0v) is 18.9. The van der Waals surface area contributed by atoms with E-state index in [-0.39, 0.29) is 39.1 Å². The zero-order valence-electron chi connectivity index (χ0n) is 18.9. The first-order chi connectivity index (χ1) is 16.2. The molecule has 2 amide bonds. The number of nitrogens with one attached hydrogen (secondary N) is 2. The van der Waals surface area contributed by atoms with Crippen molar-refractivity contribution in [1.82, 2.24) is 10.6 Å². The number of carbonyl (C=O) groups excluding carboxylic acids is 4. The molecule has 0 saturated heterocycles. The number of alkyl carbamates (subject to hydrolysis) is 2. The van der Waals surface area contributed by atoms with Gasteiger partial charge in [0.25, 0.3) is 0 Å². The van der Waals surface area contributed by atoms with E-state index in [0.29, 0.717) is 0 Å². The molecule has 0 aliphatic heterocycles. The molecule has 12 heteroatoms. The highest BCUT2D eigenvalue weighted by atomic mass is 16.6. The Balaban J connectivity index is 2.36. The number of ether oxygens (including phenoxy) is 4. The van der Waals surface area contributed by atoms with Crippen LogP contribution in [0.15, 0.2) is 24.3 Å². The number of esters is 2. The van der Waals surface area contributed by atoms with Gasteiger partial charge in [-0.1, -0.05) is 24.3 Å². The molecule has 0 aliphatic carbocycles. The number of nitriles is 2. The first-order valence-electron chi connectivity index (χ1n) is 10.2. The molecule has 1 rings (SSSR count). The summed E-state index contributed by atoms with van der Waals surface area (Å²) in [6.45, 7) is 3.08. The second kappa shape index (κ2) is 15.5. The number of hydrogen-bond acceptors (Lipinski definition) is 10. The molecule has 2 N–H and O–H groups in total. The largest absolute Gasteiger partial charge is 0.461 e. The van der Waals surface area contributed by atoms with E-state index < -0.39 is 36.3 Å². The van der Waals surface area contributed by atoms with E-state index in [1.807, 2.05) is 0 Å². The quantitative estimate of drug-likeness (QED) is 0.335. The first kappa shape index (κ1) is 27.7. The third kappa shape index (κ3) is 12.5. The summed E-state index contributed by atoms with van der Waals surface area (Å²) >= 11 is 0. The highest BCUT2D eigenvalue weighted by Gasteiger charge is 2.13. The van der Waals surface area contributed by atoms with Crippen molar-refractivity contribution >= 4 is 24.1 Å². The summed E-state index contributed by atoms with van der Waals surface area (Å²) in [6.07, 6.45) is -3.55. The van der Waals surface area contributed by atoms with Gasteiger partial charge in [-0.3, -0.25) is 9.59 Å². The van der Waals surface area contributed by atoms with Crippen molar-refractivity contribution in [1.29, 1.82) is 10.5 Å². The molecule has 12 nitrogen and oxygen atoms in total. The SMILES string of the molecule is CC(COC(=O)CC#N)OC(=O)NCc1cccc(CNC(=O)OC(C)COC(=O)CC#N)c1. The molecule has 0 spiro atoms. The Bertz CT molecular complexity index is 866. The fourth-order valence-corrected chi connectivity index (χ4v) is 2.37. The molecule has 0 radical (unpaired) electrons. The Morgan fingerprint density at radius 1 is 0.824 bits per heavy atom. The van der Waals surface area contributed by atoms with Crippen LogP contribution in [-0.4, -0.2) is 49.5 Å². The van der Waals surface area contributed by atoms with Gasteiger partial charge in [0.05, 0.1) is 12.1 Å². The van der Waals surface area contributed by atoms with Gasteiger partial charge in [-0.15, -0.1) is 0 Å². The zero-order chi connectivity index (χ0) is 25.3. The van der Waals surface area contributed by atoms with Crippen LogP contribution in [0.5, 0.6) is 0 Å². The minimum absolute atomic E-state index is 0.156. The van der Waals surface area contributed by atoms with Crippen LogP contribution >= 0.6 is 0 Å². The van der Waals surface area contributed by atoms with Crippen LogP contribution in [0, 0.1) is 22.7 Å². The van der Waals surface area contributed by atoms with Gasteiger partial charge in [0, 0.05) is 13.1 Å². The summed E-state index contributed by atoms with van der Waals surface area (Å²) in [7, 11) is 0. The highest BCUT2D eigenvalue weighted by molar-refractivity contribution is 5.72. The summed E-state index contributed by atoms with van der Waals surface area (Å²) in [5.41, 5.74) is 1.49. The second-order valence-corrected chi connectivity index (χ2v) is 6.99. The maximum atomic E-state index is 11.9. The highest BCUT2D eigenvalue weighted by Crippen LogP contribution is 2.06. The maximum absolute atomic E-state index is 11.9. The van der Waals surface area contributed by atoms with Crippen LogP contribution in [-0.2, 0) is 41.6 Å². The summed E-state index contributed by atoms with van der Waals surface area (Å²) < 4.78 is 19.7. The Kier molecular flexibility index (Phi) is 12.6. The average Bonchev–Trinajstić information content (AvgIpc) is 2.79. The Hall–Kier alpha value is -4.32. The van der Waals surface area contributed by atoms with Crippen molar-refractivity contribution in [2.24, 2.45) is 0 Å². The number of benzene rings is 1. The van der Waals surface area contributed by atoms with Crippen molar-refractivity contribution in [3.05, 3.63) is 35.4 Å². The average molecular weight is 474 g/mol. The predicted molar refractivity (Wildman–Crippen MR) is 114 cm³/mol. The maximum Gasteiger partial charge on any atom is 0.407 e. The smallest absolute Gasteiger partial charge is 0.407 e. The molecule has 0 saturated carbocycles. The molecule has 0 aliphatic rings. The molecule has 0 fully saturated rings. The van der Waals surface area contributed by atoms with E-state index in [1.54, 1.807) is 50.3 Å². The fourth-order valence-electron chi connectivity index (χ4n) is 2.37. The van der Waals surface area contributed by atoms with Crippen LogP contribution < -0.4 is 10.6 Å². The van der Waals surface area contributed by atoms with Crippen LogP contribution in [0.25, 0.3) is 0 Å². The lowest BCUT2D eigenvalue weighted by atomic mass is 10.1. The third-order valence-corrected chi connectivity index (χ3v) is 3.89. The van der Waals surface area contributed by atoms with E-state index in [0.717, 1.165) is 11.1 Å². The van der Waals surface area contributed by atoms with Crippen molar-refractivity contribution in [2.45, 2.75) is 52.0 Å². The lowest BCUT2D eigenvalue weighted by Gasteiger charge is -2.15. The van der Waals surface area contributed by atoms with Crippen LogP contribution in [0.4, 0.5) is 9.59 Å². The molecule has 2 unspecified atom stereocenters. The minimum atomic E-state index is -0.708. The van der Waals surface area contributed by atoms with E-state index in [9.17, 15) is 19.2 Å². The topological polar surface area (TPSA) is 177 Å². The van der Waals surface area contributed by atoms with Gasteiger partial charge in [0.15, 0.2) is 0 Å². The van der Waals surface area contributed by atoms with E-state index in [1.165, 1.54) is 0 Å². The molecular weight excluding hydrogens is 448 g/mol. The van der Waals surface area contributed by atoms with Crippen LogP contribution in [0.2, 0.25) is 0 Å². The van der Waals surface area contributed by atoms with Gasteiger partial charge in [-0.2, -0.15) is 10.5 Å². The molecule has 1 aromatic carbocycles. The third-order valence-electron chi connectivity index (χ3n) is 3.89. The number of carbonyl (C=O) groups is 4. The molecule has 1 aromatic rings. The summed E-state index contributed by atoms with van der Waals surface area (Å²) in [5, 5.41) is 21.9. The van der Waals surface area contributed by atoms with Crippen molar-refractivity contribution < 1.29 is 38.1 Å². The number of nitrogens with zero attached hydrogens (tertiary/aromatic N) is 2. The number of hydrogen-bond donors (Lipinski definition) is 2. The van der Waals surface area contributed by atoms with E-state index in [4.69, 9.17) is 29.5 Å². The molecular formula is C22H26N4O8. The lowest BCUT2D eigenvalue weighted by Crippen LogP contribution is -2.30. The van der Waals surface area contributed by atoms with Gasteiger partial charge in [-0.05, 0) is 25.0 Å². The van der Waals surface area contributed by atoms with E-state index >= 15 is 0 Å². The standard InChI is InChI=1S/C22H26N4O8/c1-15(13-31-19(27)6-8-23)33-21(29)25-11-17-4-3-5-18(10-17)12-26-22(30)34-16(2)14-32-20(28)7-9-24/h3-5,10,15-16H,6-7,11-14H2,1-2H3,(H,25,29)(H,26,30). The lowest BCUT2D eigenvalue weighted by molar-refractivity contribution is -0.145. The molecule has 0 heterocycles. The molecule has 0 bridgehead atoms. The van der Waals surface area contributed by atoms with Crippen molar-refractivity contribution in [2.75, 3.05) is 13.2 Å². The van der Waals surface area contributed by atoms with Crippen LogP contribution in [0.3, 0.4) is 0 Å². The number of rotatable bonds is 12. The Labute approximate surface area is 196 Å². The van der Waals surface area contributed by atoms with Crippen molar-refractivity contribution in [3.8, 4) is 12.1 Å². The number of amides is 2. The normalized spacial score (nSPS) is 11.5. The second-order valence-electron chi connectivity index (χ2n) is 6.99. The monoisotopic (exact) mass is 474 g/mol. The van der Waals surface area contributed by atoms with Gasteiger partial charge >= 0.3 is 24.1 Å². The minimum Gasteiger partial charge on any atom is -0.461 e. The van der Waals surface area contributed by atoms with Gasteiger partial charge in [0.2, 0.25) is 0 Å². The first-order valence-corrected chi connectivity index (χ1v) is 10.2. The summed E-state index contributed by atoms with van der Waals surface area (Å²) in [5.74, 6) is -1.39. The molecule has 182 valence electrons. The fraction of sp³-hybridized carbons (Fsp3) is 0.455. The molecule has 34 heavy (non-hydrogen) atoms. The van der Waals surface area contributed by atoms with Gasteiger partial charge < -0.3 is 29.6 Å². The van der Waals surface area contributed by atoms with Gasteiger partial charge in [0.1, 0.15) is 38.3 Å². The van der Waals surface area contributed by atoms with Crippen molar-refractivity contribution in [3.63, 3.8) is 0 Å². The van der Waals surface area contributed by atoms with Crippen LogP contribution in [0.1, 0.15) is 37.8 Å². The van der Waals surface area contributed by atoms with Gasteiger partial charge in [-0.25, -0.2) is 9.59 Å². The Morgan fingerprint density at radius 2 is 1.24 bits per heavy atom. The predicted octanol–water partition coefficient (Wildman–Crippen LogP) is 1.83. The molecule has 2 atom stereocenters. The molecule has 0 aromatic heterocycles. The van der Waals surface area contributed by atoms with E-state index in [2.05, 4.69) is 10.6 Å². The summed E-state index contributed by atoms with van der Waals surface area (Å²) in [4.78, 5) is 46.0.